The van der Waals surface area contributed by atoms with Gasteiger partial charge in [-0.15, -0.1) is 0 Å². The van der Waals surface area contributed by atoms with E-state index in [2.05, 4.69) is 11.5 Å². The average molecular weight is 190 g/mol. The molecular weight excluding hydrogens is 179 g/mol. The van der Waals surface area contributed by atoms with Crippen molar-refractivity contribution in [1.29, 1.82) is 5.41 Å². The first-order valence-corrected chi connectivity index (χ1v) is 0.827. The van der Waals surface area contributed by atoms with Crippen LogP contribution in [0.15, 0.2) is 0 Å². The molecule has 0 spiro atoms. The molecular formula is CH11N4NaSr. The Bertz CT molecular complexity index is 34.7. The van der Waals surface area contributed by atoms with Crippen molar-refractivity contribution < 1.29 is 0 Å². The first-order chi connectivity index (χ1) is 1.73. The summed E-state index contributed by atoms with van der Waals surface area (Å²) in [5, 5.41) is 6.06. The third-order valence-electron chi connectivity index (χ3n) is 0. The predicted octanol–water partition coefficient (Wildman–Crippen LogP) is -2.56. The van der Waals surface area contributed by atoms with Gasteiger partial charge in [0.15, 0.2) is 5.96 Å². The molecule has 8 N–H and O–H groups in total. The van der Waals surface area contributed by atoms with Gasteiger partial charge in [-0.2, -0.15) is 0 Å². The fraction of sp³-hybridized carbons (Fsp3) is 0. The normalized spacial score (nSPS) is 3.43. The molecule has 0 amide bonds. The van der Waals surface area contributed by atoms with Crippen molar-refractivity contribution >= 4 is 81.0 Å². The quantitative estimate of drug-likeness (QED) is 0.191. The summed E-state index contributed by atoms with van der Waals surface area (Å²) in [6, 6.07) is 0. The molecule has 0 saturated carbocycles. The zero-order chi connectivity index (χ0) is 3.58. The van der Waals surface area contributed by atoms with Crippen LogP contribution >= 0.6 is 0 Å². The molecule has 0 aromatic heterocycles. The number of nitrogens with one attached hydrogen (secondary N) is 1. The molecule has 4 nitrogen and oxygen atoms in total. The summed E-state index contributed by atoms with van der Waals surface area (Å²) < 4.78 is 0. The summed E-state index contributed by atoms with van der Waals surface area (Å²) in [6.07, 6.45) is 0. The third-order valence-corrected chi connectivity index (χ3v) is 0. The first kappa shape index (κ1) is 23.3. The van der Waals surface area contributed by atoms with Crippen LogP contribution in [-0.2, 0) is 0 Å². The molecule has 0 atom stereocenters. The minimum absolute atomic E-state index is 0. The molecule has 0 unspecified atom stereocenters. The Kier molecular flexibility index (Phi) is 52.2. The van der Waals surface area contributed by atoms with Crippen molar-refractivity contribution in [3.8, 4) is 0 Å². The molecule has 0 aliphatic carbocycles. The Morgan fingerprint density at radius 3 is 1.29 bits per heavy atom. The molecule has 0 aromatic carbocycles. The Labute approximate surface area is 102 Å². The number of hydrogen-bond acceptors (Lipinski definition) is 2. The van der Waals surface area contributed by atoms with Crippen LogP contribution in [0.4, 0.5) is 0 Å². The van der Waals surface area contributed by atoms with E-state index in [1.807, 2.05) is 0 Å². The zero-order valence-electron chi connectivity index (χ0n) is 2.86. The molecule has 6 heteroatoms. The van der Waals surface area contributed by atoms with Crippen LogP contribution in [0.25, 0.3) is 0 Å². The van der Waals surface area contributed by atoms with Gasteiger partial charge in [-0.1, -0.05) is 0 Å². The second kappa shape index (κ2) is 15.6. The zero-order valence-corrected chi connectivity index (χ0v) is 2.86. The van der Waals surface area contributed by atoms with Gasteiger partial charge in [0.1, 0.15) is 0 Å². The van der Waals surface area contributed by atoms with Gasteiger partial charge in [-0.3, -0.25) is 5.41 Å². The van der Waals surface area contributed by atoms with Gasteiger partial charge < -0.3 is 17.6 Å². The van der Waals surface area contributed by atoms with Gasteiger partial charge in [0.25, 0.3) is 0 Å². The van der Waals surface area contributed by atoms with E-state index >= 15 is 0 Å². The van der Waals surface area contributed by atoms with Crippen molar-refractivity contribution in [2.24, 2.45) is 11.5 Å². The second-order valence-corrected chi connectivity index (χ2v) is 0.455. The first-order valence-electron chi connectivity index (χ1n) is 0.827. The van der Waals surface area contributed by atoms with Crippen molar-refractivity contribution in [2.75, 3.05) is 0 Å². The van der Waals surface area contributed by atoms with E-state index in [0.29, 0.717) is 0 Å². The Morgan fingerprint density at radius 1 is 1.29 bits per heavy atom. The molecule has 0 heterocycles. The number of guanidine groups is 1. The van der Waals surface area contributed by atoms with E-state index in [9.17, 15) is 0 Å². The average Bonchev–Trinajstić information content (AvgIpc) is 0.811. The standard InChI is InChI=1S/CH5N3.H3N.Na.Sr.3H/c2-1(3)4;;;;;;/h(H5,2,3,4);1H3;;;;;. The fourth-order valence-corrected chi connectivity index (χ4v) is 0. The molecule has 0 aliphatic rings. The minimum atomic E-state index is -0.333. The van der Waals surface area contributed by atoms with Crippen LogP contribution in [0.5, 0.6) is 0 Å². The summed E-state index contributed by atoms with van der Waals surface area (Å²) in [4.78, 5) is 0. The molecule has 0 rings (SSSR count). The summed E-state index contributed by atoms with van der Waals surface area (Å²) >= 11 is 0. The monoisotopic (exact) mass is 190 g/mol. The SMILES string of the molecule is N.N=C(N)N.[NaH].[SrH2]. The maximum absolute atomic E-state index is 6.06. The van der Waals surface area contributed by atoms with E-state index in [0.717, 1.165) is 0 Å². The molecule has 0 radical (unpaired) electrons. The molecule has 0 bridgehead atoms. The molecule has 7 heavy (non-hydrogen) atoms. The fourth-order valence-electron chi connectivity index (χ4n) is 0. The van der Waals surface area contributed by atoms with Crippen LogP contribution in [-0.4, -0.2) is 81.0 Å². The van der Waals surface area contributed by atoms with Gasteiger partial charge in [0.2, 0.25) is 0 Å². The van der Waals surface area contributed by atoms with Crippen molar-refractivity contribution in [3.05, 3.63) is 0 Å². The van der Waals surface area contributed by atoms with Gasteiger partial charge in [-0.25, -0.2) is 0 Å². The van der Waals surface area contributed by atoms with E-state index in [1.54, 1.807) is 0 Å². The maximum atomic E-state index is 6.06. The van der Waals surface area contributed by atoms with Gasteiger partial charge in [-0.05, 0) is 0 Å². The van der Waals surface area contributed by atoms with Crippen LogP contribution in [0.2, 0.25) is 0 Å². The predicted molar refractivity (Wildman–Crippen MR) is 36.8 cm³/mol. The second-order valence-electron chi connectivity index (χ2n) is 0.455. The van der Waals surface area contributed by atoms with Crippen molar-refractivity contribution in [1.82, 2.24) is 6.15 Å². The number of nitrogens with two attached hydrogens (primary N) is 2. The molecule has 0 aliphatic heterocycles. The van der Waals surface area contributed by atoms with Gasteiger partial charge >= 0.3 is 75.0 Å². The Hall–Kier alpha value is 1.71. The summed E-state index contributed by atoms with van der Waals surface area (Å²) in [7, 11) is 0. The third kappa shape index (κ3) is 85.9. The van der Waals surface area contributed by atoms with Crippen LogP contribution < -0.4 is 17.6 Å². The van der Waals surface area contributed by atoms with Gasteiger partial charge in [0, 0.05) is 0 Å². The number of hydrogen-bond donors (Lipinski definition) is 4. The van der Waals surface area contributed by atoms with Crippen LogP contribution in [0, 0.1) is 5.41 Å². The van der Waals surface area contributed by atoms with E-state index in [-0.39, 0.29) is 87.1 Å². The summed E-state index contributed by atoms with van der Waals surface area (Å²) in [6.45, 7) is 0. The molecule has 0 saturated heterocycles. The Morgan fingerprint density at radius 2 is 1.29 bits per heavy atom. The van der Waals surface area contributed by atoms with Crippen molar-refractivity contribution in [2.45, 2.75) is 0 Å². The Balaban J connectivity index is -0.0000000150. The molecule has 0 aromatic rings. The molecule has 0 fully saturated rings. The molecule has 38 valence electrons. The summed E-state index contributed by atoms with van der Waals surface area (Å²) in [5.41, 5.74) is 8.94. The van der Waals surface area contributed by atoms with Crippen molar-refractivity contribution in [3.63, 3.8) is 0 Å². The van der Waals surface area contributed by atoms with E-state index < -0.39 is 0 Å². The van der Waals surface area contributed by atoms with E-state index in [1.165, 1.54) is 0 Å². The summed E-state index contributed by atoms with van der Waals surface area (Å²) in [5.74, 6) is -0.333. The topological polar surface area (TPSA) is 111 Å². The number of rotatable bonds is 0. The van der Waals surface area contributed by atoms with E-state index in [4.69, 9.17) is 5.41 Å². The van der Waals surface area contributed by atoms with Gasteiger partial charge in [0.05, 0.1) is 0 Å². The van der Waals surface area contributed by atoms with Crippen LogP contribution in [0.1, 0.15) is 0 Å². The van der Waals surface area contributed by atoms with Crippen LogP contribution in [0.3, 0.4) is 0 Å².